The number of piperazine rings is 1. The molecule has 0 bridgehead atoms. The molecule has 1 fully saturated rings. The van der Waals surface area contributed by atoms with Gasteiger partial charge >= 0.3 is 5.97 Å². The quantitative estimate of drug-likeness (QED) is 0.744. The number of carbonyl (C=O) groups excluding carboxylic acids is 2. The molecule has 1 aliphatic rings. The molecule has 0 aliphatic carbocycles. The normalized spacial score (nSPS) is 15.2. The Labute approximate surface area is 166 Å². The summed E-state index contributed by atoms with van der Waals surface area (Å²) in [4.78, 5) is 28.5. The van der Waals surface area contributed by atoms with Crippen molar-refractivity contribution in [1.29, 1.82) is 0 Å². The summed E-state index contributed by atoms with van der Waals surface area (Å²) >= 11 is 0. The predicted molar refractivity (Wildman–Crippen MR) is 108 cm³/mol. The molecule has 1 amide bonds. The maximum atomic E-state index is 12.2. The van der Waals surface area contributed by atoms with Crippen molar-refractivity contribution < 1.29 is 14.3 Å². The molecule has 0 atom stereocenters. The molecule has 0 spiro atoms. The van der Waals surface area contributed by atoms with E-state index in [1.165, 1.54) is 12.7 Å². The van der Waals surface area contributed by atoms with Crippen LogP contribution in [0.15, 0.2) is 54.6 Å². The molecule has 0 radical (unpaired) electrons. The molecular weight excluding hydrogens is 354 g/mol. The van der Waals surface area contributed by atoms with Crippen LogP contribution in [-0.2, 0) is 11.3 Å². The molecule has 0 saturated carbocycles. The SMILES string of the molecule is COC(=O)c1ccc(C(=O)NCCN2CCN(Cc3ccccc3)CC2)cc1. The number of methoxy groups -OCH3 is 1. The van der Waals surface area contributed by atoms with E-state index in [1.54, 1.807) is 24.3 Å². The van der Waals surface area contributed by atoms with Gasteiger partial charge in [-0.25, -0.2) is 4.79 Å². The van der Waals surface area contributed by atoms with Crippen LogP contribution in [0.25, 0.3) is 0 Å². The van der Waals surface area contributed by atoms with Gasteiger partial charge < -0.3 is 10.1 Å². The predicted octanol–water partition coefficient (Wildman–Crippen LogP) is 2.02. The van der Waals surface area contributed by atoms with E-state index >= 15 is 0 Å². The smallest absolute Gasteiger partial charge is 0.337 e. The van der Waals surface area contributed by atoms with Crippen molar-refractivity contribution in [3.63, 3.8) is 0 Å². The Bertz CT molecular complexity index is 769. The van der Waals surface area contributed by atoms with Crippen LogP contribution >= 0.6 is 0 Å². The molecule has 0 unspecified atom stereocenters. The summed E-state index contributed by atoms with van der Waals surface area (Å²) in [6.07, 6.45) is 0. The number of rotatable bonds is 7. The minimum atomic E-state index is -0.404. The van der Waals surface area contributed by atoms with Crippen LogP contribution in [0.4, 0.5) is 0 Å². The van der Waals surface area contributed by atoms with Gasteiger partial charge in [0.05, 0.1) is 12.7 Å². The number of amides is 1. The summed E-state index contributed by atoms with van der Waals surface area (Å²) in [5.74, 6) is -0.530. The average Bonchev–Trinajstić information content (AvgIpc) is 2.75. The highest BCUT2D eigenvalue weighted by atomic mass is 16.5. The molecule has 1 heterocycles. The number of benzene rings is 2. The van der Waals surface area contributed by atoms with Gasteiger partial charge in [0.1, 0.15) is 0 Å². The summed E-state index contributed by atoms with van der Waals surface area (Å²) in [6, 6.07) is 17.0. The second kappa shape index (κ2) is 10.0. The van der Waals surface area contributed by atoms with Gasteiger partial charge in [-0.1, -0.05) is 30.3 Å². The first-order valence-electron chi connectivity index (χ1n) is 9.61. The van der Waals surface area contributed by atoms with E-state index in [0.29, 0.717) is 17.7 Å². The third-order valence-electron chi connectivity index (χ3n) is 5.00. The molecule has 1 N–H and O–H groups in total. The summed E-state index contributed by atoms with van der Waals surface area (Å²) in [5.41, 5.74) is 2.33. The monoisotopic (exact) mass is 381 g/mol. The van der Waals surface area contributed by atoms with E-state index in [4.69, 9.17) is 0 Å². The van der Waals surface area contributed by atoms with Crippen molar-refractivity contribution in [3.8, 4) is 0 Å². The number of ether oxygens (including phenoxy) is 1. The number of hydrogen-bond donors (Lipinski definition) is 1. The largest absolute Gasteiger partial charge is 0.465 e. The lowest BCUT2D eigenvalue weighted by Crippen LogP contribution is -2.48. The van der Waals surface area contributed by atoms with Crippen molar-refractivity contribution in [3.05, 3.63) is 71.3 Å². The molecule has 28 heavy (non-hydrogen) atoms. The van der Waals surface area contributed by atoms with Crippen molar-refractivity contribution in [2.75, 3.05) is 46.4 Å². The first-order chi connectivity index (χ1) is 13.7. The molecule has 6 heteroatoms. The maximum Gasteiger partial charge on any atom is 0.337 e. The minimum absolute atomic E-state index is 0.126. The third kappa shape index (κ3) is 5.65. The Kier molecular flexibility index (Phi) is 7.17. The van der Waals surface area contributed by atoms with Gasteiger partial charge in [-0.05, 0) is 29.8 Å². The average molecular weight is 381 g/mol. The van der Waals surface area contributed by atoms with E-state index in [0.717, 1.165) is 39.3 Å². The van der Waals surface area contributed by atoms with Crippen LogP contribution in [0.1, 0.15) is 26.3 Å². The highest BCUT2D eigenvalue weighted by Gasteiger charge is 2.17. The highest BCUT2D eigenvalue weighted by molar-refractivity contribution is 5.96. The van der Waals surface area contributed by atoms with Crippen LogP contribution < -0.4 is 5.32 Å². The zero-order chi connectivity index (χ0) is 19.8. The third-order valence-corrected chi connectivity index (χ3v) is 5.00. The Morgan fingerprint density at radius 1 is 0.893 bits per heavy atom. The first kappa shape index (κ1) is 20.0. The van der Waals surface area contributed by atoms with Gasteiger partial charge in [0.25, 0.3) is 5.91 Å². The fourth-order valence-corrected chi connectivity index (χ4v) is 3.32. The zero-order valence-corrected chi connectivity index (χ0v) is 16.3. The first-order valence-corrected chi connectivity index (χ1v) is 9.61. The van der Waals surface area contributed by atoms with Crippen molar-refractivity contribution >= 4 is 11.9 Å². The number of nitrogens with one attached hydrogen (secondary N) is 1. The van der Waals surface area contributed by atoms with Crippen molar-refractivity contribution in [2.24, 2.45) is 0 Å². The molecule has 6 nitrogen and oxygen atoms in total. The van der Waals surface area contributed by atoms with Gasteiger partial charge in [0.15, 0.2) is 0 Å². The summed E-state index contributed by atoms with van der Waals surface area (Å²) < 4.78 is 4.66. The Balaban J connectivity index is 1.36. The van der Waals surface area contributed by atoms with Crippen LogP contribution in [0.2, 0.25) is 0 Å². The minimum Gasteiger partial charge on any atom is -0.465 e. The summed E-state index contributed by atoms with van der Waals surface area (Å²) in [7, 11) is 1.34. The number of esters is 1. The molecule has 1 saturated heterocycles. The zero-order valence-electron chi connectivity index (χ0n) is 16.3. The standard InChI is InChI=1S/C22H27N3O3/c1-28-22(27)20-9-7-19(8-10-20)21(26)23-11-12-24-13-15-25(16-14-24)17-18-5-3-2-4-6-18/h2-10H,11-17H2,1H3,(H,23,26). The van der Waals surface area contributed by atoms with Gasteiger partial charge in [0, 0.05) is 51.4 Å². The van der Waals surface area contributed by atoms with Crippen LogP contribution in [0.5, 0.6) is 0 Å². The summed E-state index contributed by atoms with van der Waals surface area (Å²) in [6.45, 7) is 6.54. The maximum absolute atomic E-state index is 12.2. The van der Waals surface area contributed by atoms with E-state index in [-0.39, 0.29) is 5.91 Å². The van der Waals surface area contributed by atoms with E-state index < -0.39 is 5.97 Å². The Morgan fingerprint density at radius 2 is 1.50 bits per heavy atom. The van der Waals surface area contributed by atoms with Crippen LogP contribution in [0, 0.1) is 0 Å². The fraction of sp³-hybridized carbons (Fsp3) is 0.364. The Hall–Kier alpha value is -2.70. The van der Waals surface area contributed by atoms with Crippen molar-refractivity contribution in [2.45, 2.75) is 6.54 Å². The topological polar surface area (TPSA) is 61.9 Å². The van der Waals surface area contributed by atoms with Crippen molar-refractivity contribution in [1.82, 2.24) is 15.1 Å². The molecule has 2 aromatic rings. The highest BCUT2D eigenvalue weighted by Crippen LogP contribution is 2.08. The van der Waals surface area contributed by atoms with Gasteiger partial charge in [0.2, 0.25) is 0 Å². The fourth-order valence-electron chi connectivity index (χ4n) is 3.32. The number of hydrogen-bond acceptors (Lipinski definition) is 5. The number of carbonyl (C=O) groups is 2. The molecule has 3 rings (SSSR count). The lowest BCUT2D eigenvalue weighted by molar-refractivity contribution is 0.0600. The van der Waals surface area contributed by atoms with Gasteiger partial charge in [-0.15, -0.1) is 0 Å². The van der Waals surface area contributed by atoms with Crippen LogP contribution in [-0.4, -0.2) is 68.1 Å². The molecule has 2 aromatic carbocycles. The molecule has 1 aliphatic heterocycles. The second-order valence-electron chi connectivity index (χ2n) is 6.93. The van der Waals surface area contributed by atoms with E-state index in [2.05, 4.69) is 44.1 Å². The van der Waals surface area contributed by atoms with E-state index in [1.807, 2.05) is 6.07 Å². The molecule has 0 aromatic heterocycles. The molecule has 148 valence electrons. The van der Waals surface area contributed by atoms with Gasteiger partial charge in [-0.3, -0.25) is 14.6 Å². The van der Waals surface area contributed by atoms with E-state index in [9.17, 15) is 9.59 Å². The summed E-state index contributed by atoms with van der Waals surface area (Å²) in [5, 5.41) is 2.95. The van der Waals surface area contributed by atoms with Gasteiger partial charge in [-0.2, -0.15) is 0 Å². The number of nitrogens with zero attached hydrogens (tertiary/aromatic N) is 2. The second-order valence-corrected chi connectivity index (χ2v) is 6.93. The lowest BCUT2D eigenvalue weighted by Gasteiger charge is -2.34. The van der Waals surface area contributed by atoms with Crippen LogP contribution in [0.3, 0.4) is 0 Å². The lowest BCUT2D eigenvalue weighted by atomic mass is 10.1. The molecular formula is C22H27N3O3. The Morgan fingerprint density at radius 3 is 2.14 bits per heavy atom.